The number of hydrogen-bond acceptors (Lipinski definition) is 6. The van der Waals surface area contributed by atoms with Gasteiger partial charge in [-0.2, -0.15) is 0 Å². The van der Waals surface area contributed by atoms with Crippen LogP contribution >= 0.6 is 0 Å². The zero-order chi connectivity index (χ0) is 24.3. The number of benzene rings is 1. The van der Waals surface area contributed by atoms with Gasteiger partial charge >= 0.3 is 6.09 Å². The topological polar surface area (TPSA) is 143 Å². The number of rotatable bonds is 11. The fraction of sp³-hybridized carbons (Fsp3) is 0.409. The molecule has 0 unspecified atom stereocenters. The number of nitrogens with one attached hydrogen (secondary N) is 4. The molecule has 0 saturated carbocycles. The first-order chi connectivity index (χ1) is 15.1. The number of hydrogen-bond donors (Lipinski definition) is 4. The summed E-state index contributed by atoms with van der Waals surface area (Å²) < 4.78 is 4.52. The Hall–Kier alpha value is -3.69. The number of alkyl carbamates (subject to hydrolysis) is 1. The van der Waals surface area contributed by atoms with E-state index in [9.17, 15) is 24.0 Å². The van der Waals surface area contributed by atoms with E-state index in [1.165, 1.54) is 14.0 Å². The lowest BCUT2D eigenvalue weighted by Crippen LogP contribution is -2.58. The van der Waals surface area contributed by atoms with E-state index in [0.29, 0.717) is 5.56 Å². The SMILES string of the molecule is C=Cc1ccc(C(=O)CNC(=O)[C@H](CNC(C)=O)NC(=O)[C@@H](NC(=O)OC)C(C)C)cc1. The molecule has 0 aliphatic carbocycles. The first-order valence-electron chi connectivity index (χ1n) is 10.0. The van der Waals surface area contributed by atoms with Crippen LogP contribution < -0.4 is 21.3 Å². The molecule has 1 rings (SSSR count). The molecule has 0 heterocycles. The average molecular weight is 447 g/mol. The highest BCUT2D eigenvalue weighted by Gasteiger charge is 2.29. The van der Waals surface area contributed by atoms with Crippen LogP contribution in [0.1, 0.15) is 36.7 Å². The number of carbonyl (C=O) groups excluding carboxylic acids is 5. The normalized spacial score (nSPS) is 12.2. The van der Waals surface area contributed by atoms with Crippen LogP contribution in [0.5, 0.6) is 0 Å². The van der Waals surface area contributed by atoms with Crippen molar-refractivity contribution < 1.29 is 28.7 Å². The summed E-state index contributed by atoms with van der Waals surface area (Å²) in [7, 11) is 1.17. The lowest BCUT2D eigenvalue weighted by atomic mass is 10.0. The summed E-state index contributed by atoms with van der Waals surface area (Å²) in [4.78, 5) is 60.5. The predicted molar refractivity (Wildman–Crippen MR) is 119 cm³/mol. The van der Waals surface area contributed by atoms with Crippen LogP contribution in [0.3, 0.4) is 0 Å². The van der Waals surface area contributed by atoms with E-state index in [-0.39, 0.29) is 24.8 Å². The van der Waals surface area contributed by atoms with Gasteiger partial charge in [0.15, 0.2) is 5.78 Å². The van der Waals surface area contributed by atoms with E-state index in [1.807, 2.05) is 0 Å². The van der Waals surface area contributed by atoms with Crippen molar-refractivity contribution in [3.05, 3.63) is 42.0 Å². The molecular formula is C22H30N4O6. The molecule has 2 atom stereocenters. The van der Waals surface area contributed by atoms with Crippen LogP contribution in [0, 0.1) is 5.92 Å². The third-order valence-corrected chi connectivity index (χ3v) is 4.49. The molecule has 0 saturated heterocycles. The molecule has 10 nitrogen and oxygen atoms in total. The molecule has 4 N–H and O–H groups in total. The summed E-state index contributed by atoms with van der Waals surface area (Å²) in [5.74, 6) is -2.33. The maximum absolute atomic E-state index is 12.7. The number of methoxy groups -OCH3 is 1. The van der Waals surface area contributed by atoms with Crippen LogP contribution in [0.15, 0.2) is 30.8 Å². The summed E-state index contributed by atoms with van der Waals surface area (Å²) in [6.07, 6.45) is 0.847. The molecule has 0 spiro atoms. The quantitative estimate of drug-likeness (QED) is 0.367. The molecule has 10 heteroatoms. The molecular weight excluding hydrogens is 416 g/mol. The Morgan fingerprint density at radius 2 is 1.62 bits per heavy atom. The molecule has 0 aliphatic heterocycles. The third-order valence-electron chi connectivity index (χ3n) is 4.49. The average Bonchev–Trinajstić information content (AvgIpc) is 2.77. The molecule has 0 fully saturated rings. The van der Waals surface area contributed by atoms with Gasteiger partial charge in [0.25, 0.3) is 0 Å². The fourth-order valence-electron chi connectivity index (χ4n) is 2.64. The molecule has 0 aliphatic rings. The maximum Gasteiger partial charge on any atom is 0.407 e. The van der Waals surface area contributed by atoms with Gasteiger partial charge in [0.2, 0.25) is 17.7 Å². The second kappa shape index (κ2) is 12.9. The molecule has 0 radical (unpaired) electrons. The summed E-state index contributed by atoms with van der Waals surface area (Å²) in [6, 6.07) is 4.55. The van der Waals surface area contributed by atoms with Gasteiger partial charge < -0.3 is 26.0 Å². The summed E-state index contributed by atoms with van der Waals surface area (Å²) in [5.41, 5.74) is 1.25. The second-order valence-corrected chi connectivity index (χ2v) is 7.32. The molecule has 0 aromatic heterocycles. The number of amides is 4. The fourth-order valence-corrected chi connectivity index (χ4v) is 2.64. The predicted octanol–water partition coefficient (Wildman–Crippen LogP) is 0.630. The highest BCUT2D eigenvalue weighted by Crippen LogP contribution is 2.06. The molecule has 4 amide bonds. The zero-order valence-corrected chi connectivity index (χ0v) is 18.7. The van der Waals surface area contributed by atoms with Crippen molar-refractivity contribution in [1.82, 2.24) is 21.3 Å². The van der Waals surface area contributed by atoms with Crippen molar-refractivity contribution >= 4 is 35.7 Å². The summed E-state index contributed by atoms with van der Waals surface area (Å²) in [5, 5.41) is 9.84. The smallest absolute Gasteiger partial charge is 0.407 e. The number of ketones is 1. The number of Topliss-reactive ketones (excluding diaryl/α,β-unsaturated/α-hetero) is 1. The van der Waals surface area contributed by atoms with Crippen LogP contribution in [0.4, 0.5) is 4.79 Å². The van der Waals surface area contributed by atoms with Crippen molar-refractivity contribution in [3.8, 4) is 0 Å². The van der Waals surface area contributed by atoms with E-state index in [1.54, 1.807) is 44.2 Å². The number of carbonyl (C=O) groups is 5. The Bertz CT molecular complexity index is 850. The number of ether oxygens (including phenoxy) is 1. The van der Waals surface area contributed by atoms with E-state index in [0.717, 1.165) is 5.56 Å². The van der Waals surface area contributed by atoms with Crippen LogP contribution in [0.2, 0.25) is 0 Å². The Balaban J connectivity index is 2.84. The van der Waals surface area contributed by atoms with Crippen LogP contribution in [0.25, 0.3) is 6.08 Å². The Morgan fingerprint density at radius 1 is 1.00 bits per heavy atom. The largest absolute Gasteiger partial charge is 0.453 e. The van der Waals surface area contributed by atoms with Crippen molar-refractivity contribution in [1.29, 1.82) is 0 Å². The minimum atomic E-state index is -1.16. The lowest BCUT2D eigenvalue weighted by molar-refractivity contribution is -0.130. The van der Waals surface area contributed by atoms with Crippen molar-refractivity contribution in [2.45, 2.75) is 32.9 Å². The van der Waals surface area contributed by atoms with Gasteiger partial charge in [0, 0.05) is 19.0 Å². The minimum absolute atomic E-state index is 0.196. The molecule has 32 heavy (non-hydrogen) atoms. The highest BCUT2D eigenvalue weighted by molar-refractivity contribution is 6.00. The van der Waals surface area contributed by atoms with Crippen molar-refractivity contribution in [2.75, 3.05) is 20.2 Å². The van der Waals surface area contributed by atoms with Gasteiger partial charge in [-0.25, -0.2) is 4.79 Å². The van der Waals surface area contributed by atoms with E-state index in [2.05, 4.69) is 32.6 Å². The van der Waals surface area contributed by atoms with Gasteiger partial charge in [-0.15, -0.1) is 0 Å². The Labute approximate surface area is 187 Å². The lowest BCUT2D eigenvalue weighted by Gasteiger charge is -2.24. The Kier molecular flexibility index (Phi) is 10.6. The molecule has 174 valence electrons. The van der Waals surface area contributed by atoms with Crippen molar-refractivity contribution in [3.63, 3.8) is 0 Å². The van der Waals surface area contributed by atoms with Crippen LogP contribution in [-0.4, -0.2) is 61.9 Å². The van der Waals surface area contributed by atoms with E-state index >= 15 is 0 Å². The van der Waals surface area contributed by atoms with Crippen LogP contribution in [-0.2, 0) is 19.1 Å². The Morgan fingerprint density at radius 3 is 2.12 bits per heavy atom. The third kappa shape index (κ3) is 8.58. The summed E-state index contributed by atoms with van der Waals surface area (Å²) >= 11 is 0. The molecule has 1 aromatic carbocycles. The first kappa shape index (κ1) is 26.3. The maximum atomic E-state index is 12.7. The molecule has 1 aromatic rings. The van der Waals surface area contributed by atoms with Gasteiger partial charge in [0.05, 0.1) is 13.7 Å². The monoisotopic (exact) mass is 446 g/mol. The van der Waals surface area contributed by atoms with E-state index in [4.69, 9.17) is 0 Å². The standard InChI is InChI=1S/C22H30N4O6/c1-6-15-7-9-16(10-8-15)18(28)12-24-20(29)17(11-23-14(4)27)25-21(30)19(13(2)3)26-22(31)32-5/h6-10,13,17,19H,1,11-12H2,2-5H3,(H,23,27)(H,24,29)(H,25,30)(H,26,31)/t17-,19-/m0/s1. The highest BCUT2D eigenvalue weighted by atomic mass is 16.5. The molecule has 0 bridgehead atoms. The summed E-state index contributed by atoms with van der Waals surface area (Å²) in [6.45, 7) is 7.83. The van der Waals surface area contributed by atoms with Gasteiger partial charge in [-0.05, 0) is 11.5 Å². The van der Waals surface area contributed by atoms with Crippen molar-refractivity contribution in [2.24, 2.45) is 5.92 Å². The van der Waals surface area contributed by atoms with Gasteiger partial charge in [-0.1, -0.05) is 50.8 Å². The van der Waals surface area contributed by atoms with Gasteiger partial charge in [0.1, 0.15) is 12.1 Å². The van der Waals surface area contributed by atoms with E-state index < -0.39 is 35.9 Å². The van der Waals surface area contributed by atoms with Gasteiger partial charge in [-0.3, -0.25) is 19.2 Å². The first-order valence-corrected chi connectivity index (χ1v) is 10.0. The minimum Gasteiger partial charge on any atom is -0.453 e. The zero-order valence-electron chi connectivity index (χ0n) is 18.7. The second-order valence-electron chi connectivity index (χ2n) is 7.32.